The first-order chi connectivity index (χ1) is 16.7. The summed E-state index contributed by atoms with van der Waals surface area (Å²) in [6.45, 7) is 12.5. The van der Waals surface area contributed by atoms with E-state index in [0.29, 0.717) is 18.7 Å². The third-order valence-corrected chi connectivity index (χ3v) is 7.01. The summed E-state index contributed by atoms with van der Waals surface area (Å²) in [4.78, 5) is 2.67. The second-order valence-corrected chi connectivity index (χ2v) is 8.99. The first-order valence-electron chi connectivity index (χ1n) is 12.8. The molecule has 1 saturated heterocycles. The average molecular weight is 458 g/mol. The Kier molecular flexibility index (Phi) is 8.75. The van der Waals surface area contributed by atoms with Crippen LogP contribution in [0.1, 0.15) is 49.9 Å². The van der Waals surface area contributed by atoms with E-state index in [1.165, 1.54) is 16.7 Å². The van der Waals surface area contributed by atoms with Crippen LogP contribution in [0.15, 0.2) is 84.9 Å². The average Bonchev–Trinajstić information content (AvgIpc) is 2.90. The summed E-state index contributed by atoms with van der Waals surface area (Å²) < 4.78 is 6.29. The third kappa shape index (κ3) is 5.69. The lowest BCUT2D eigenvalue weighted by atomic mass is 9.92. The van der Waals surface area contributed by atoms with Crippen molar-refractivity contribution in [1.29, 1.82) is 0 Å². The van der Waals surface area contributed by atoms with Gasteiger partial charge in [-0.1, -0.05) is 99.6 Å². The lowest BCUT2D eigenvalue weighted by Crippen LogP contribution is -2.59. The summed E-state index contributed by atoms with van der Waals surface area (Å²) in [6.07, 6.45) is 1.10. The quantitative estimate of drug-likeness (QED) is 0.363. The highest BCUT2D eigenvalue weighted by Gasteiger charge is 2.38. The minimum atomic E-state index is 0.345. The molecule has 4 nitrogen and oxygen atoms in total. The standard InChI is InChI=1S/C30H39N3O/c1-4-28-30(26-17-11-8-12-18-26)33(32(5-2)6-3)22-21-31(28)23-27-19-13-14-20-29(27)34-24-25-15-9-7-10-16-25/h7-20,28,30H,4-6,21-24H2,1-3H3. The number of benzene rings is 3. The van der Waals surface area contributed by atoms with E-state index in [-0.39, 0.29) is 0 Å². The fourth-order valence-electron chi connectivity index (χ4n) is 5.29. The van der Waals surface area contributed by atoms with E-state index in [1.54, 1.807) is 0 Å². The van der Waals surface area contributed by atoms with Crippen molar-refractivity contribution >= 4 is 0 Å². The van der Waals surface area contributed by atoms with E-state index in [9.17, 15) is 0 Å². The Morgan fingerprint density at radius 1 is 0.794 bits per heavy atom. The molecule has 4 heteroatoms. The Morgan fingerprint density at radius 3 is 2.12 bits per heavy atom. The van der Waals surface area contributed by atoms with Crippen LogP contribution < -0.4 is 4.74 Å². The highest BCUT2D eigenvalue weighted by Crippen LogP contribution is 2.35. The SMILES string of the molecule is CCC1C(c2ccccc2)N(N(CC)CC)CCN1Cc1ccccc1OCc1ccccc1. The Balaban J connectivity index is 1.57. The zero-order chi connectivity index (χ0) is 23.8. The van der Waals surface area contributed by atoms with Gasteiger partial charge in [0.15, 0.2) is 0 Å². The van der Waals surface area contributed by atoms with Crippen molar-refractivity contribution in [3.8, 4) is 5.75 Å². The van der Waals surface area contributed by atoms with E-state index >= 15 is 0 Å². The topological polar surface area (TPSA) is 19.0 Å². The molecule has 4 rings (SSSR count). The van der Waals surface area contributed by atoms with Crippen LogP contribution in [-0.2, 0) is 13.2 Å². The second kappa shape index (κ2) is 12.2. The van der Waals surface area contributed by atoms with E-state index in [0.717, 1.165) is 44.9 Å². The van der Waals surface area contributed by atoms with Gasteiger partial charge in [-0.15, -0.1) is 0 Å². The smallest absolute Gasteiger partial charge is 0.124 e. The van der Waals surface area contributed by atoms with Gasteiger partial charge in [0, 0.05) is 44.3 Å². The number of rotatable bonds is 10. The van der Waals surface area contributed by atoms with Crippen LogP contribution in [0.5, 0.6) is 5.75 Å². The Morgan fingerprint density at radius 2 is 1.44 bits per heavy atom. The first-order valence-corrected chi connectivity index (χ1v) is 12.8. The van der Waals surface area contributed by atoms with Gasteiger partial charge < -0.3 is 4.74 Å². The predicted molar refractivity (Wildman–Crippen MR) is 141 cm³/mol. The molecule has 0 spiro atoms. The van der Waals surface area contributed by atoms with E-state index in [4.69, 9.17) is 4.74 Å². The molecule has 0 aliphatic carbocycles. The molecule has 1 heterocycles. The molecule has 2 unspecified atom stereocenters. The monoisotopic (exact) mass is 457 g/mol. The number of para-hydroxylation sites is 1. The van der Waals surface area contributed by atoms with Gasteiger partial charge in [-0.2, -0.15) is 0 Å². The van der Waals surface area contributed by atoms with Gasteiger partial charge in [0.1, 0.15) is 12.4 Å². The molecule has 1 aliphatic rings. The van der Waals surface area contributed by atoms with Gasteiger partial charge in [-0.25, -0.2) is 10.0 Å². The van der Waals surface area contributed by atoms with Crippen molar-refractivity contribution in [3.05, 3.63) is 102 Å². The van der Waals surface area contributed by atoms with Gasteiger partial charge in [0.2, 0.25) is 0 Å². The zero-order valence-electron chi connectivity index (χ0n) is 20.9. The van der Waals surface area contributed by atoms with E-state index in [1.807, 2.05) is 6.07 Å². The molecule has 0 N–H and O–H groups in total. The molecule has 1 aliphatic heterocycles. The van der Waals surface area contributed by atoms with Crippen LogP contribution in [-0.4, -0.2) is 47.1 Å². The fourth-order valence-corrected chi connectivity index (χ4v) is 5.29. The Bertz CT molecular complexity index is 990. The van der Waals surface area contributed by atoms with Crippen LogP contribution in [0, 0.1) is 0 Å². The third-order valence-electron chi connectivity index (χ3n) is 7.01. The minimum Gasteiger partial charge on any atom is -0.489 e. The molecule has 0 bridgehead atoms. The number of hydrogen-bond acceptors (Lipinski definition) is 4. The van der Waals surface area contributed by atoms with Crippen molar-refractivity contribution < 1.29 is 4.74 Å². The lowest BCUT2D eigenvalue weighted by molar-refractivity contribution is -0.119. The van der Waals surface area contributed by atoms with Crippen LogP contribution in [0.25, 0.3) is 0 Å². The molecule has 0 aromatic heterocycles. The maximum absolute atomic E-state index is 6.29. The largest absolute Gasteiger partial charge is 0.489 e. The van der Waals surface area contributed by atoms with Crippen LogP contribution in [0.2, 0.25) is 0 Å². The zero-order valence-corrected chi connectivity index (χ0v) is 20.9. The molecule has 0 radical (unpaired) electrons. The van der Waals surface area contributed by atoms with Crippen molar-refractivity contribution in [1.82, 2.24) is 14.9 Å². The molecule has 34 heavy (non-hydrogen) atoms. The molecule has 1 fully saturated rings. The summed E-state index contributed by atoms with van der Waals surface area (Å²) in [5, 5.41) is 5.13. The number of ether oxygens (including phenoxy) is 1. The van der Waals surface area contributed by atoms with Crippen LogP contribution >= 0.6 is 0 Å². The molecular formula is C30H39N3O. The summed E-state index contributed by atoms with van der Waals surface area (Å²) in [7, 11) is 0. The van der Waals surface area contributed by atoms with Gasteiger partial charge in [-0.3, -0.25) is 4.90 Å². The predicted octanol–water partition coefficient (Wildman–Crippen LogP) is 6.16. The minimum absolute atomic E-state index is 0.345. The Labute approximate surface area is 205 Å². The van der Waals surface area contributed by atoms with E-state index in [2.05, 4.69) is 115 Å². The van der Waals surface area contributed by atoms with E-state index < -0.39 is 0 Å². The molecule has 2 atom stereocenters. The van der Waals surface area contributed by atoms with Gasteiger partial charge >= 0.3 is 0 Å². The summed E-state index contributed by atoms with van der Waals surface area (Å²) >= 11 is 0. The molecule has 0 saturated carbocycles. The van der Waals surface area contributed by atoms with Crippen molar-refractivity contribution in [3.63, 3.8) is 0 Å². The number of hydrogen-bond donors (Lipinski definition) is 0. The Hall–Kier alpha value is -2.66. The van der Waals surface area contributed by atoms with Gasteiger partial charge in [0.25, 0.3) is 0 Å². The highest BCUT2D eigenvalue weighted by atomic mass is 16.5. The first kappa shape index (κ1) is 24.5. The number of piperazine rings is 1. The van der Waals surface area contributed by atoms with Crippen molar-refractivity contribution in [2.24, 2.45) is 0 Å². The fraction of sp³-hybridized carbons (Fsp3) is 0.400. The molecule has 3 aromatic rings. The summed E-state index contributed by atoms with van der Waals surface area (Å²) in [5.41, 5.74) is 3.86. The lowest BCUT2D eigenvalue weighted by Gasteiger charge is -2.51. The number of nitrogens with zero attached hydrogens (tertiary/aromatic N) is 3. The van der Waals surface area contributed by atoms with Crippen LogP contribution in [0.3, 0.4) is 0 Å². The molecule has 3 aromatic carbocycles. The normalized spacial score (nSPS) is 19.4. The number of hydrazine groups is 1. The molecule has 180 valence electrons. The van der Waals surface area contributed by atoms with Gasteiger partial charge in [0.05, 0.1) is 6.04 Å². The maximum Gasteiger partial charge on any atom is 0.124 e. The molecule has 0 amide bonds. The van der Waals surface area contributed by atoms with Crippen LogP contribution in [0.4, 0.5) is 0 Å². The van der Waals surface area contributed by atoms with Crippen molar-refractivity contribution in [2.45, 2.75) is 52.4 Å². The summed E-state index contributed by atoms with van der Waals surface area (Å²) in [6, 6.07) is 30.8. The highest BCUT2D eigenvalue weighted by molar-refractivity contribution is 5.34. The summed E-state index contributed by atoms with van der Waals surface area (Å²) in [5.74, 6) is 0.989. The molecular weight excluding hydrogens is 418 g/mol. The maximum atomic E-state index is 6.29. The van der Waals surface area contributed by atoms with Gasteiger partial charge in [-0.05, 0) is 23.6 Å². The van der Waals surface area contributed by atoms with Crippen molar-refractivity contribution in [2.75, 3.05) is 26.2 Å². The second-order valence-electron chi connectivity index (χ2n) is 8.99.